The van der Waals surface area contributed by atoms with Gasteiger partial charge in [-0.15, -0.1) is 11.3 Å². The molecule has 0 spiro atoms. The van der Waals surface area contributed by atoms with Crippen LogP contribution >= 0.6 is 11.3 Å². The van der Waals surface area contributed by atoms with Crippen molar-refractivity contribution in [3.05, 3.63) is 56.3 Å². The first kappa shape index (κ1) is 15.5. The fraction of sp³-hybridized carbons (Fsp3) is 0.333. The molecular formula is C15H18N2O3S. The molecule has 0 amide bonds. The fourth-order valence-electron chi connectivity index (χ4n) is 1.94. The summed E-state index contributed by atoms with van der Waals surface area (Å²) >= 11 is 1.77. The van der Waals surface area contributed by atoms with Crippen LogP contribution in [0.2, 0.25) is 0 Å². The number of hydrogen-bond donors (Lipinski definition) is 1. The predicted octanol–water partition coefficient (Wildman–Crippen LogP) is 3.39. The van der Waals surface area contributed by atoms with Crippen molar-refractivity contribution in [3.63, 3.8) is 0 Å². The molecule has 2 rings (SSSR count). The molecule has 0 fully saturated rings. The Kier molecular flexibility index (Phi) is 5.71. The number of nitro benzene ring substituents is 1. The quantitative estimate of drug-likeness (QED) is 0.461. The minimum Gasteiger partial charge on any atom is -0.492 e. The van der Waals surface area contributed by atoms with Crippen LogP contribution in [0.3, 0.4) is 0 Å². The lowest BCUT2D eigenvalue weighted by Gasteiger charge is -2.07. The maximum absolute atomic E-state index is 10.5. The summed E-state index contributed by atoms with van der Waals surface area (Å²) in [5.41, 5.74) is 1.47. The molecule has 0 bridgehead atoms. The monoisotopic (exact) mass is 306 g/mol. The van der Waals surface area contributed by atoms with E-state index in [0.717, 1.165) is 19.5 Å². The zero-order valence-electron chi connectivity index (χ0n) is 11.9. The van der Waals surface area contributed by atoms with Crippen molar-refractivity contribution >= 4 is 17.0 Å². The second kappa shape index (κ2) is 7.75. The standard InChI is InChI=1S/C15H18N2O3S/c1-2-12-7-10-21-15(12)11-16-8-9-20-14-5-3-13(4-6-14)17(18)19/h3-7,10,16H,2,8-9,11H2,1H3. The van der Waals surface area contributed by atoms with E-state index in [1.807, 2.05) is 0 Å². The molecule has 1 aromatic carbocycles. The normalized spacial score (nSPS) is 10.5. The van der Waals surface area contributed by atoms with E-state index in [-0.39, 0.29) is 5.69 Å². The van der Waals surface area contributed by atoms with Gasteiger partial charge in [-0.1, -0.05) is 6.92 Å². The van der Waals surface area contributed by atoms with Gasteiger partial charge in [0.15, 0.2) is 0 Å². The third-order valence-electron chi connectivity index (χ3n) is 3.10. The van der Waals surface area contributed by atoms with Crippen molar-refractivity contribution in [1.82, 2.24) is 5.32 Å². The third-order valence-corrected chi connectivity index (χ3v) is 4.06. The van der Waals surface area contributed by atoms with E-state index < -0.39 is 4.92 Å². The Balaban J connectivity index is 1.69. The van der Waals surface area contributed by atoms with Gasteiger partial charge < -0.3 is 10.1 Å². The molecular weight excluding hydrogens is 288 g/mol. The third kappa shape index (κ3) is 4.54. The maximum atomic E-state index is 10.5. The molecule has 1 N–H and O–H groups in total. The largest absolute Gasteiger partial charge is 0.492 e. The average molecular weight is 306 g/mol. The van der Waals surface area contributed by atoms with E-state index in [9.17, 15) is 10.1 Å². The molecule has 0 saturated heterocycles. The number of ether oxygens (including phenoxy) is 1. The number of benzene rings is 1. The van der Waals surface area contributed by atoms with Crippen LogP contribution in [0.25, 0.3) is 0 Å². The molecule has 21 heavy (non-hydrogen) atoms. The summed E-state index contributed by atoms with van der Waals surface area (Å²) in [6.45, 7) is 4.27. The summed E-state index contributed by atoms with van der Waals surface area (Å²) in [5, 5.41) is 16.0. The fourth-order valence-corrected chi connectivity index (χ4v) is 2.89. The molecule has 1 aromatic heterocycles. The Hall–Kier alpha value is -1.92. The Morgan fingerprint density at radius 1 is 1.29 bits per heavy atom. The van der Waals surface area contributed by atoms with Crippen molar-refractivity contribution in [2.24, 2.45) is 0 Å². The lowest BCUT2D eigenvalue weighted by Crippen LogP contribution is -2.20. The maximum Gasteiger partial charge on any atom is 0.269 e. The van der Waals surface area contributed by atoms with E-state index in [0.29, 0.717) is 12.4 Å². The molecule has 5 nitrogen and oxygen atoms in total. The van der Waals surface area contributed by atoms with Gasteiger partial charge >= 0.3 is 0 Å². The minimum atomic E-state index is -0.419. The molecule has 0 unspecified atom stereocenters. The smallest absolute Gasteiger partial charge is 0.269 e. The van der Waals surface area contributed by atoms with Crippen LogP contribution in [0.1, 0.15) is 17.4 Å². The summed E-state index contributed by atoms with van der Waals surface area (Å²) in [6.07, 6.45) is 1.06. The zero-order valence-corrected chi connectivity index (χ0v) is 12.7. The molecule has 1 heterocycles. The highest BCUT2D eigenvalue weighted by Gasteiger charge is 2.04. The van der Waals surface area contributed by atoms with Gasteiger partial charge in [-0.3, -0.25) is 10.1 Å². The highest BCUT2D eigenvalue weighted by atomic mass is 32.1. The van der Waals surface area contributed by atoms with Crippen LogP contribution in [0.4, 0.5) is 5.69 Å². The van der Waals surface area contributed by atoms with E-state index in [2.05, 4.69) is 23.7 Å². The number of nitrogens with zero attached hydrogens (tertiary/aromatic N) is 1. The summed E-state index contributed by atoms with van der Waals surface area (Å²) in [6, 6.07) is 8.29. The van der Waals surface area contributed by atoms with Crippen molar-refractivity contribution in [2.75, 3.05) is 13.2 Å². The molecule has 0 aliphatic rings. The van der Waals surface area contributed by atoms with Crippen LogP contribution < -0.4 is 10.1 Å². The van der Waals surface area contributed by atoms with E-state index in [1.165, 1.54) is 22.6 Å². The lowest BCUT2D eigenvalue weighted by atomic mass is 10.2. The lowest BCUT2D eigenvalue weighted by molar-refractivity contribution is -0.384. The van der Waals surface area contributed by atoms with Gasteiger partial charge in [0.25, 0.3) is 5.69 Å². The minimum absolute atomic E-state index is 0.0743. The Labute approximate surface area is 127 Å². The van der Waals surface area contributed by atoms with E-state index >= 15 is 0 Å². The van der Waals surface area contributed by atoms with Gasteiger partial charge in [-0.25, -0.2) is 0 Å². The second-order valence-electron chi connectivity index (χ2n) is 4.50. The Bertz CT molecular complexity index is 581. The SMILES string of the molecule is CCc1ccsc1CNCCOc1ccc([N+](=O)[O-])cc1. The molecule has 0 aliphatic carbocycles. The summed E-state index contributed by atoms with van der Waals surface area (Å²) in [4.78, 5) is 11.5. The van der Waals surface area contributed by atoms with Crippen LogP contribution in [0.15, 0.2) is 35.7 Å². The number of thiophene rings is 1. The van der Waals surface area contributed by atoms with Crippen LogP contribution in [0, 0.1) is 10.1 Å². The highest BCUT2D eigenvalue weighted by Crippen LogP contribution is 2.18. The topological polar surface area (TPSA) is 64.4 Å². The molecule has 0 saturated carbocycles. The predicted molar refractivity (Wildman–Crippen MR) is 84.0 cm³/mol. The summed E-state index contributed by atoms with van der Waals surface area (Å²) in [5.74, 6) is 0.646. The van der Waals surface area contributed by atoms with Crippen molar-refractivity contribution < 1.29 is 9.66 Å². The molecule has 112 valence electrons. The molecule has 2 aromatic rings. The van der Waals surface area contributed by atoms with E-state index in [1.54, 1.807) is 23.5 Å². The zero-order chi connectivity index (χ0) is 15.1. The number of rotatable bonds is 8. The number of nitrogens with one attached hydrogen (secondary N) is 1. The van der Waals surface area contributed by atoms with E-state index in [4.69, 9.17) is 4.74 Å². The van der Waals surface area contributed by atoms with Crippen molar-refractivity contribution in [1.29, 1.82) is 0 Å². The average Bonchev–Trinajstić information content (AvgIpc) is 2.95. The first-order valence-corrected chi connectivity index (χ1v) is 7.72. The van der Waals surface area contributed by atoms with Gasteiger partial charge in [-0.05, 0) is 35.6 Å². The van der Waals surface area contributed by atoms with Gasteiger partial charge in [0.05, 0.1) is 4.92 Å². The number of non-ortho nitro benzene ring substituents is 1. The van der Waals surface area contributed by atoms with Crippen molar-refractivity contribution in [3.8, 4) is 5.75 Å². The summed E-state index contributed by atoms with van der Waals surface area (Å²) < 4.78 is 5.54. The van der Waals surface area contributed by atoms with Gasteiger partial charge in [0.1, 0.15) is 12.4 Å². The number of aryl methyl sites for hydroxylation is 1. The number of nitro groups is 1. The van der Waals surface area contributed by atoms with Gasteiger partial charge in [0, 0.05) is 30.1 Å². The molecule has 0 atom stereocenters. The van der Waals surface area contributed by atoms with Crippen LogP contribution in [-0.2, 0) is 13.0 Å². The van der Waals surface area contributed by atoms with Crippen molar-refractivity contribution in [2.45, 2.75) is 19.9 Å². The second-order valence-corrected chi connectivity index (χ2v) is 5.50. The highest BCUT2D eigenvalue weighted by molar-refractivity contribution is 7.10. The van der Waals surface area contributed by atoms with Gasteiger partial charge in [-0.2, -0.15) is 0 Å². The Morgan fingerprint density at radius 3 is 2.71 bits per heavy atom. The first-order chi connectivity index (χ1) is 10.2. The molecule has 0 aliphatic heterocycles. The molecule has 6 heteroatoms. The number of hydrogen-bond acceptors (Lipinski definition) is 5. The molecule has 0 radical (unpaired) electrons. The first-order valence-electron chi connectivity index (χ1n) is 6.84. The summed E-state index contributed by atoms with van der Waals surface area (Å²) in [7, 11) is 0. The van der Waals surface area contributed by atoms with Gasteiger partial charge in [0.2, 0.25) is 0 Å². The Morgan fingerprint density at radius 2 is 2.05 bits per heavy atom. The van der Waals surface area contributed by atoms with Crippen LogP contribution in [-0.4, -0.2) is 18.1 Å². The van der Waals surface area contributed by atoms with Crippen LogP contribution in [0.5, 0.6) is 5.75 Å².